The highest BCUT2D eigenvalue weighted by molar-refractivity contribution is 5.77. The molecule has 3 nitrogen and oxygen atoms in total. The second-order valence-electron chi connectivity index (χ2n) is 4.30. The van der Waals surface area contributed by atoms with Crippen molar-refractivity contribution in [2.75, 3.05) is 13.2 Å². The van der Waals surface area contributed by atoms with E-state index in [1.54, 1.807) is 0 Å². The van der Waals surface area contributed by atoms with E-state index in [4.69, 9.17) is 9.84 Å². The third-order valence-electron chi connectivity index (χ3n) is 2.88. The van der Waals surface area contributed by atoms with Crippen LogP contribution in [0.4, 0.5) is 13.2 Å². The van der Waals surface area contributed by atoms with E-state index in [0.29, 0.717) is 30.9 Å². The summed E-state index contributed by atoms with van der Waals surface area (Å²) in [6.07, 6.45) is -3.20. The Labute approximate surface area is 108 Å². The first-order chi connectivity index (χ1) is 9.00. The van der Waals surface area contributed by atoms with E-state index < -0.39 is 11.7 Å². The van der Waals surface area contributed by atoms with Crippen LogP contribution >= 0.6 is 0 Å². The first kappa shape index (κ1) is 13.9. The fourth-order valence-electron chi connectivity index (χ4n) is 1.86. The summed E-state index contributed by atoms with van der Waals surface area (Å²) in [6, 6.07) is 4.70. The fraction of sp³-hybridized carbons (Fsp3) is 0.462. The van der Waals surface area contributed by atoms with Crippen LogP contribution in [0.2, 0.25) is 0 Å². The maximum absolute atomic E-state index is 12.4. The van der Waals surface area contributed by atoms with Crippen molar-refractivity contribution in [3.05, 3.63) is 35.4 Å². The molecule has 1 N–H and O–H groups in total. The number of hydrogen-bond acceptors (Lipinski definition) is 3. The van der Waals surface area contributed by atoms with E-state index in [0.717, 1.165) is 12.1 Å². The number of aliphatic hydroxyl groups is 1. The lowest BCUT2D eigenvalue weighted by Crippen LogP contribution is -2.05. The number of aliphatic imine (C=N–C) groups is 1. The molecule has 19 heavy (non-hydrogen) atoms. The molecule has 0 fully saturated rings. The maximum atomic E-state index is 12.4. The normalized spacial score (nSPS) is 19.2. The molecule has 0 aromatic heterocycles. The molecule has 2 rings (SSSR count). The first-order valence-electron chi connectivity index (χ1n) is 5.98. The van der Waals surface area contributed by atoms with Gasteiger partial charge in [0.05, 0.1) is 5.56 Å². The minimum atomic E-state index is -4.32. The monoisotopic (exact) mass is 273 g/mol. The zero-order chi connectivity index (χ0) is 13.9. The van der Waals surface area contributed by atoms with Gasteiger partial charge in [-0.2, -0.15) is 13.2 Å². The van der Waals surface area contributed by atoms with E-state index >= 15 is 0 Å². The van der Waals surface area contributed by atoms with Crippen LogP contribution in [0.15, 0.2) is 29.3 Å². The SMILES string of the molecule is OCCCC1=NC(c2ccc(C(F)(F)F)cc2)CO1. The van der Waals surface area contributed by atoms with Crippen LogP contribution in [0.3, 0.4) is 0 Å². The third kappa shape index (κ3) is 3.47. The Hall–Kier alpha value is -1.56. The van der Waals surface area contributed by atoms with Crippen LogP contribution in [0.25, 0.3) is 0 Å². The Balaban J connectivity index is 2.05. The molecule has 1 aliphatic rings. The van der Waals surface area contributed by atoms with E-state index in [2.05, 4.69) is 4.99 Å². The van der Waals surface area contributed by atoms with Crippen molar-refractivity contribution in [3.63, 3.8) is 0 Å². The van der Waals surface area contributed by atoms with Crippen LogP contribution in [0.5, 0.6) is 0 Å². The minimum absolute atomic E-state index is 0.0628. The van der Waals surface area contributed by atoms with Gasteiger partial charge >= 0.3 is 6.18 Å². The summed E-state index contributed by atoms with van der Waals surface area (Å²) in [6.45, 7) is 0.402. The number of hydrogen-bond donors (Lipinski definition) is 1. The molecule has 0 amide bonds. The summed E-state index contributed by atoms with van der Waals surface area (Å²) in [7, 11) is 0. The molecule has 0 saturated carbocycles. The summed E-state index contributed by atoms with van der Waals surface area (Å²) < 4.78 is 42.6. The Morgan fingerprint density at radius 2 is 1.95 bits per heavy atom. The van der Waals surface area contributed by atoms with Gasteiger partial charge in [0, 0.05) is 13.0 Å². The van der Waals surface area contributed by atoms with Gasteiger partial charge in [0.1, 0.15) is 12.6 Å². The molecule has 6 heteroatoms. The largest absolute Gasteiger partial charge is 0.478 e. The highest BCUT2D eigenvalue weighted by Crippen LogP contribution is 2.31. The van der Waals surface area contributed by atoms with E-state index in [-0.39, 0.29) is 12.6 Å². The van der Waals surface area contributed by atoms with Crippen LogP contribution in [-0.2, 0) is 10.9 Å². The quantitative estimate of drug-likeness (QED) is 0.916. The Morgan fingerprint density at radius 3 is 2.53 bits per heavy atom. The lowest BCUT2D eigenvalue weighted by atomic mass is 10.1. The molecule has 1 unspecified atom stereocenters. The lowest BCUT2D eigenvalue weighted by molar-refractivity contribution is -0.137. The minimum Gasteiger partial charge on any atom is -0.478 e. The molecule has 1 aromatic rings. The molecule has 1 heterocycles. The van der Waals surface area contributed by atoms with Gasteiger partial charge in [-0.05, 0) is 24.1 Å². The second-order valence-corrected chi connectivity index (χ2v) is 4.30. The Bertz CT molecular complexity index is 454. The summed E-state index contributed by atoms with van der Waals surface area (Å²) in [5.74, 6) is 0.555. The average molecular weight is 273 g/mol. The van der Waals surface area contributed by atoms with Gasteiger partial charge in [-0.25, -0.2) is 4.99 Å². The van der Waals surface area contributed by atoms with Crippen molar-refractivity contribution < 1.29 is 23.0 Å². The molecule has 0 aliphatic carbocycles. The molecule has 0 saturated heterocycles. The number of benzene rings is 1. The van der Waals surface area contributed by atoms with Crippen molar-refractivity contribution >= 4 is 5.90 Å². The van der Waals surface area contributed by atoms with Gasteiger partial charge in [0.2, 0.25) is 0 Å². The lowest BCUT2D eigenvalue weighted by Gasteiger charge is -2.09. The maximum Gasteiger partial charge on any atom is 0.416 e. The van der Waals surface area contributed by atoms with Crippen molar-refractivity contribution in [1.29, 1.82) is 0 Å². The van der Waals surface area contributed by atoms with Crippen LogP contribution in [0, 0.1) is 0 Å². The van der Waals surface area contributed by atoms with Crippen molar-refractivity contribution in [1.82, 2.24) is 0 Å². The molecular formula is C13H14F3NO2. The average Bonchev–Trinajstić information content (AvgIpc) is 2.84. The van der Waals surface area contributed by atoms with Crippen molar-refractivity contribution in [3.8, 4) is 0 Å². The van der Waals surface area contributed by atoms with E-state index in [1.165, 1.54) is 12.1 Å². The fourth-order valence-corrected chi connectivity index (χ4v) is 1.86. The zero-order valence-electron chi connectivity index (χ0n) is 10.2. The summed E-state index contributed by atoms with van der Waals surface area (Å²) in [5.41, 5.74) is 0.0339. The highest BCUT2D eigenvalue weighted by Gasteiger charge is 2.30. The van der Waals surface area contributed by atoms with Crippen LogP contribution in [-0.4, -0.2) is 24.2 Å². The van der Waals surface area contributed by atoms with Crippen LogP contribution < -0.4 is 0 Å². The van der Waals surface area contributed by atoms with Crippen molar-refractivity contribution in [2.45, 2.75) is 25.1 Å². The predicted molar refractivity (Wildman–Crippen MR) is 63.9 cm³/mol. The standard InChI is InChI=1S/C13H14F3NO2/c14-13(15,16)10-5-3-9(4-6-10)11-8-19-12(17-11)2-1-7-18/h3-6,11,18H,1-2,7-8H2. The summed E-state index contributed by atoms with van der Waals surface area (Å²) in [4.78, 5) is 4.29. The molecular weight excluding hydrogens is 259 g/mol. The molecule has 1 aromatic carbocycles. The molecule has 0 spiro atoms. The Morgan fingerprint density at radius 1 is 1.26 bits per heavy atom. The molecule has 104 valence electrons. The summed E-state index contributed by atoms with van der Waals surface area (Å²) in [5, 5.41) is 8.70. The number of alkyl halides is 3. The zero-order valence-corrected chi connectivity index (χ0v) is 10.2. The smallest absolute Gasteiger partial charge is 0.416 e. The molecule has 0 bridgehead atoms. The Kier molecular flexibility index (Phi) is 4.09. The number of rotatable bonds is 4. The van der Waals surface area contributed by atoms with Crippen molar-refractivity contribution in [2.24, 2.45) is 4.99 Å². The van der Waals surface area contributed by atoms with E-state index in [1.807, 2.05) is 0 Å². The number of nitrogens with zero attached hydrogens (tertiary/aromatic N) is 1. The molecule has 1 atom stereocenters. The highest BCUT2D eigenvalue weighted by atomic mass is 19.4. The van der Waals surface area contributed by atoms with E-state index in [9.17, 15) is 13.2 Å². The number of ether oxygens (including phenoxy) is 1. The number of halogens is 3. The van der Waals surface area contributed by atoms with Gasteiger partial charge in [0.25, 0.3) is 0 Å². The molecule has 1 aliphatic heterocycles. The summed E-state index contributed by atoms with van der Waals surface area (Å²) >= 11 is 0. The second kappa shape index (κ2) is 5.61. The van der Waals surface area contributed by atoms with Gasteiger partial charge in [-0.15, -0.1) is 0 Å². The molecule has 0 radical (unpaired) electrons. The third-order valence-corrected chi connectivity index (χ3v) is 2.88. The van der Waals surface area contributed by atoms with Gasteiger partial charge in [0.15, 0.2) is 5.90 Å². The van der Waals surface area contributed by atoms with Gasteiger partial charge < -0.3 is 9.84 Å². The van der Waals surface area contributed by atoms with Crippen LogP contribution in [0.1, 0.15) is 30.0 Å². The number of aliphatic hydroxyl groups excluding tert-OH is 1. The first-order valence-corrected chi connectivity index (χ1v) is 5.98. The predicted octanol–water partition coefficient (Wildman–Crippen LogP) is 2.95. The van der Waals surface area contributed by atoms with Gasteiger partial charge in [-0.1, -0.05) is 12.1 Å². The van der Waals surface area contributed by atoms with Gasteiger partial charge in [-0.3, -0.25) is 0 Å². The topological polar surface area (TPSA) is 41.8 Å².